The lowest BCUT2D eigenvalue weighted by atomic mass is 10.2. The van der Waals surface area contributed by atoms with E-state index in [-0.39, 0.29) is 11.8 Å². The molecule has 2 unspecified atom stereocenters. The number of hydroxylamine groups is 2. The fourth-order valence-electron chi connectivity index (χ4n) is 1.71. The van der Waals surface area contributed by atoms with Gasteiger partial charge in [-0.15, -0.1) is 0 Å². The average Bonchev–Trinajstić information content (AvgIpc) is 2.82. The first-order chi connectivity index (χ1) is 6.74. The summed E-state index contributed by atoms with van der Waals surface area (Å²) in [5.74, 6) is 0.515. The smallest absolute Gasteiger partial charge is 0.249 e. The van der Waals surface area contributed by atoms with Crippen molar-refractivity contribution in [2.75, 3.05) is 14.2 Å². The maximum absolute atomic E-state index is 11.6. The Kier molecular flexibility index (Phi) is 2.29. The molecule has 76 valence electrons. The van der Waals surface area contributed by atoms with E-state index in [0.29, 0.717) is 5.92 Å². The van der Waals surface area contributed by atoms with E-state index in [9.17, 15) is 4.79 Å². The maximum Gasteiger partial charge on any atom is 0.249 e. The summed E-state index contributed by atoms with van der Waals surface area (Å²) < 4.78 is 0. The van der Waals surface area contributed by atoms with Crippen LogP contribution in [0, 0.1) is 5.92 Å². The molecule has 4 heteroatoms. The van der Waals surface area contributed by atoms with Crippen LogP contribution < -0.4 is 0 Å². The summed E-state index contributed by atoms with van der Waals surface area (Å²) in [6.45, 7) is 0. The van der Waals surface area contributed by atoms with E-state index < -0.39 is 0 Å². The molecule has 1 aromatic heterocycles. The summed E-state index contributed by atoms with van der Waals surface area (Å²) in [6, 6.07) is 3.97. The quantitative estimate of drug-likeness (QED) is 0.733. The standard InChI is InChI=1S/C10H14N2O2/c1-12(14-2)10(13)8-6-7(8)9-4-3-5-11-9/h3-5,7-8,11H,6H2,1-2H3. The molecule has 0 saturated heterocycles. The van der Waals surface area contributed by atoms with Crippen LogP contribution in [0.2, 0.25) is 0 Å². The molecule has 1 saturated carbocycles. The zero-order valence-electron chi connectivity index (χ0n) is 8.36. The van der Waals surface area contributed by atoms with E-state index in [1.165, 1.54) is 12.2 Å². The number of aromatic nitrogens is 1. The van der Waals surface area contributed by atoms with Gasteiger partial charge in [0.15, 0.2) is 0 Å². The summed E-state index contributed by atoms with van der Waals surface area (Å²) in [6.07, 6.45) is 2.81. The summed E-state index contributed by atoms with van der Waals surface area (Å²) in [5.41, 5.74) is 1.15. The topological polar surface area (TPSA) is 45.3 Å². The molecule has 2 atom stereocenters. The predicted molar refractivity (Wildman–Crippen MR) is 51.4 cm³/mol. The molecule has 4 nitrogen and oxygen atoms in total. The molecule has 1 amide bonds. The van der Waals surface area contributed by atoms with Crippen LogP contribution in [0.25, 0.3) is 0 Å². The molecule has 0 bridgehead atoms. The van der Waals surface area contributed by atoms with Crippen molar-refractivity contribution in [1.29, 1.82) is 0 Å². The second kappa shape index (κ2) is 3.46. The third-order valence-electron chi connectivity index (χ3n) is 2.71. The maximum atomic E-state index is 11.6. The summed E-state index contributed by atoms with van der Waals surface area (Å²) in [5, 5.41) is 1.30. The van der Waals surface area contributed by atoms with Gasteiger partial charge in [0.05, 0.1) is 7.11 Å². The third-order valence-corrected chi connectivity index (χ3v) is 2.71. The minimum absolute atomic E-state index is 0.0621. The number of aromatic amines is 1. The molecule has 1 aromatic rings. The van der Waals surface area contributed by atoms with Crippen molar-refractivity contribution < 1.29 is 9.63 Å². The molecule has 1 aliphatic carbocycles. The van der Waals surface area contributed by atoms with Gasteiger partial charge in [-0.2, -0.15) is 0 Å². The fourth-order valence-corrected chi connectivity index (χ4v) is 1.71. The van der Waals surface area contributed by atoms with Crippen molar-refractivity contribution >= 4 is 5.91 Å². The van der Waals surface area contributed by atoms with Crippen LogP contribution in [0.5, 0.6) is 0 Å². The van der Waals surface area contributed by atoms with Gasteiger partial charge in [0.2, 0.25) is 5.91 Å². The summed E-state index contributed by atoms with van der Waals surface area (Å²) in [4.78, 5) is 19.6. The number of H-pyrrole nitrogens is 1. The Labute approximate surface area is 82.8 Å². The summed E-state index contributed by atoms with van der Waals surface area (Å²) in [7, 11) is 3.15. The lowest BCUT2D eigenvalue weighted by molar-refractivity contribution is -0.170. The Balaban J connectivity index is 1.96. The van der Waals surface area contributed by atoms with Gasteiger partial charge in [-0.05, 0) is 18.6 Å². The normalized spacial score (nSPS) is 24.7. The van der Waals surface area contributed by atoms with Crippen LogP contribution in [-0.4, -0.2) is 30.1 Å². The Morgan fingerprint density at radius 1 is 1.71 bits per heavy atom. The molecule has 0 radical (unpaired) electrons. The number of hydrogen-bond acceptors (Lipinski definition) is 2. The van der Waals surface area contributed by atoms with Crippen molar-refractivity contribution in [2.24, 2.45) is 5.92 Å². The monoisotopic (exact) mass is 194 g/mol. The minimum Gasteiger partial charge on any atom is -0.365 e. The molecule has 0 aromatic carbocycles. The minimum atomic E-state index is 0.0621. The van der Waals surface area contributed by atoms with Gasteiger partial charge < -0.3 is 4.98 Å². The van der Waals surface area contributed by atoms with Crippen LogP contribution in [0.3, 0.4) is 0 Å². The van der Waals surface area contributed by atoms with Gasteiger partial charge in [0, 0.05) is 30.8 Å². The van der Waals surface area contributed by atoms with Crippen LogP contribution in [0.4, 0.5) is 0 Å². The van der Waals surface area contributed by atoms with Crippen molar-refractivity contribution in [3.05, 3.63) is 24.0 Å². The number of amides is 1. The number of rotatable bonds is 3. The molecule has 2 rings (SSSR count). The zero-order valence-corrected chi connectivity index (χ0v) is 8.36. The largest absolute Gasteiger partial charge is 0.365 e. The van der Waals surface area contributed by atoms with Crippen molar-refractivity contribution in [2.45, 2.75) is 12.3 Å². The number of nitrogens with zero attached hydrogens (tertiary/aromatic N) is 1. The van der Waals surface area contributed by atoms with Gasteiger partial charge in [-0.25, -0.2) is 5.06 Å². The lowest BCUT2D eigenvalue weighted by Gasteiger charge is -2.12. The highest BCUT2D eigenvalue weighted by Crippen LogP contribution is 2.47. The predicted octanol–water partition coefficient (Wildman–Crippen LogP) is 1.14. The van der Waals surface area contributed by atoms with Gasteiger partial charge in [-0.3, -0.25) is 9.63 Å². The SMILES string of the molecule is CON(C)C(=O)C1CC1c1ccc[nH]1. The van der Waals surface area contributed by atoms with Gasteiger partial charge in [0.1, 0.15) is 0 Å². The molecular weight excluding hydrogens is 180 g/mol. The number of carbonyl (C=O) groups is 1. The second-order valence-corrected chi connectivity index (χ2v) is 3.59. The molecule has 1 N–H and O–H groups in total. The van der Waals surface area contributed by atoms with Crippen molar-refractivity contribution in [3.63, 3.8) is 0 Å². The Morgan fingerprint density at radius 2 is 2.50 bits per heavy atom. The van der Waals surface area contributed by atoms with E-state index in [1.54, 1.807) is 7.05 Å². The van der Waals surface area contributed by atoms with E-state index in [4.69, 9.17) is 4.84 Å². The Hall–Kier alpha value is -1.29. The highest BCUT2D eigenvalue weighted by atomic mass is 16.7. The summed E-state index contributed by atoms with van der Waals surface area (Å²) >= 11 is 0. The number of hydrogen-bond donors (Lipinski definition) is 1. The van der Waals surface area contributed by atoms with Crippen LogP contribution in [-0.2, 0) is 9.63 Å². The van der Waals surface area contributed by atoms with Crippen LogP contribution in [0.1, 0.15) is 18.0 Å². The first kappa shape index (κ1) is 9.27. The highest BCUT2D eigenvalue weighted by Gasteiger charge is 2.46. The molecule has 0 aliphatic heterocycles. The number of nitrogens with one attached hydrogen (secondary N) is 1. The molecular formula is C10H14N2O2. The Bertz CT molecular complexity index is 321. The van der Waals surface area contributed by atoms with Gasteiger partial charge >= 0.3 is 0 Å². The molecule has 0 spiro atoms. The van der Waals surface area contributed by atoms with Crippen molar-refractivity contribution in [3.8, 4) is 0 Å². The van der Waals surface area contributed by atoms with Gasteiger partial charge in [-0.1, -0.05) is 0 Å². The van der Waals surface area contributed by atoms with Crippen LogP contribution in [0.15, 0.2) is 18.3 Å². The highest BCUT2D eigenvalue weighted by molar-refractivity contribution is 5.81. The van der Waals surface area contributed by atoms with Crippen LogP contribution >= 0.6 is 0 Å². The van der Waals surface area contributed by atoms with E-state index in [2.05, 4.69) is 4.98 Å². The Morgan fingerprint density at radius 3 is 3.07 bits per heavy atom. The first-order valence-corrected chi connectivity index (χ1v) is 4.69. The van der Waals surface area contributed by atoms with Gasteiger partial charge in [0.25, 0.3) is 0 Å². The molecule has 1 fully saturated rings. The van der Waals surface area contributed by atoms with Crippen molar-refractivity contribution in [1.82, 2.24) is 10.0 Å². The molecule has 1 heterocycles. The molecule has 1 aliphatic rings. The van der Waals surface area contributed by atoms with E-state index in [1.807, 2.05) is 18.3 Å². The zero-order chi connectivity index (χ0) is 10.1. The lowest BCUT2D eigenvalue weighted by Crippen LogP contribution is -2.27. The van der Waals surface area contributed by atoms with E-state index in [0.717, 1.165) is 12.1 Å². The van der Waals surface area contributed by atoms with E-state index >= 15 is 0 Å². The fraction of sp³-hybridized carbons (Fsp3) is 0.500. The first-order valence-electron chi connectivity index (χ1n) is 4.69. The number of carbonyl (C=O) groups excluding carboxylic acids is 1. The third kappa shape index (κ3) is 1.53. The second-order valence-electron chi connectivity index (χ2n) is 3.59. The molecule has 14 heavy (non-hydrogen) atoms. The average molecular weight is 194 g/mol.